The number of rotatable bonds is 10. The lowest BCUT2D eigenvalue weighted by atomic mass is 10.1. The Morgan fingerprint density at radius 1 is 0.588 bits per heavy atom. The highest BCUT2D eigenvalue weighted by atomic mass is 16.5. The van der Waals surface area contributed by atoms with Crippen LogP contribution >= 0.6 is 0 Å². The van der Waals surface area contributed by atoms with Gasteiger partial charge in [0.05, 0.1) is 12.2 Å². The Balaban J connectivity index is 1.82. The minimum atomic E-state index is 0.179. The third-order valence-corrected chi connectivity index (χ3v) is 5.10. The third-order valence-electron chi connectivity index (χ3n) is 5.10. The number of ether oxygens (including phenoxy) is 2. The van der Waals surface area contributed by atoms with Gasteiger partial charge in [0.15, 0.2) is 6.54 Å². The van der Waals surface area contributed by atoms with Gasteiger partial charge >= 0.3 is 0 Å². The lowest BCUT2D eigenvalue weighted by Crippen LogP contribution is -2.42. The second kappa shape index (κ2) is 12.2. The van der Waals surface area contributed by atoms with Gasteiger partial charge in [-0.2, -0.15) is 4.57 Å². The summed E-state index contributed by atoms with van der Waals surface area (Å²) in [5.74, 6) is 2.34. The standard InChI is InChI=1S/C31H38NO2/c1-23(2)22-32-28(16-10-26-12-18-30(19-13-26)33-24(3)4)8-7-9-29(32)17-11-27-14-20-31(21-15-27)34-25(5)6/h7-21,23-25H,22H2,1-6H3/q+1/b16-10+,17-11+. The number of hydrogen-bond acceptors (Lipinski definition) is 2. The van der Waals surface area contributed by atoms with Crippen LogP contribution in [0.4, 0.5) is 0 Å². The van der Waals surface area contributed by atoms with Gasteiger partial charge in [0, 0.05) is 30.2 Å². The van der Waals surface area contributed by atoms with E-state index in [1.807, 2.05) is 52.0 Å². The van der Waals surface area contributed by atoms with E-state index in [4.69, 9.17) is 9.47 Å². The first-order valence-electron chi connectivity index (χ1n) is 12.2. The molecule has 0 spiro atoms. The second-order valence-corrected chi connectivity index (χ2v) is 9.52. The molecule has 0 saturated heterocycles. The zero-order valence-electron chi connectivity index (χ0n) is 21.4. The van der Waals surface area contributed by atoms with Crippen molar-refractivity contribution in [2.75, 3.05) is 0 Å². The molecule has 0 N–H and O–H groups in total. The van der Waals surface area contributed by atoms with E-state index >= 15 is 0 Å². The van der Waals surface area contributed by atoms with Crippen molar-refractivity contribution in [2.45, 2.75) is 60.3 Å². The van der Waals surface area contributed by atoms with E-state index in [1.165, 1.54) is 11.4 Å². The van der Waals surface area contributed by atoms with Gasteiger partial charge in [-0.15, -0.1) is 0 Å². The normalized spacial score (nSPS) is 11.9. The molecule has 3 rings (SSSR count). The molecule has 0 unspecified atom stereocenters. The van der Waals surface area contributed by atoms with Crippen LogP contribution in [0.1, 0.15) is 64.1 Å². The summed E-state index contributed by atoms with van der Waals surface area (Å²) < 4.78 is 13.9. The monoisotopic (exact) mass is 456 g/mol. The minimum absolute atomic E-state index is 0.179. The summed E-state index contributed by atoms with van der Waals surface area (Å²) >= 11 is 0. The van der Waals surface area contributed by atoms with Crippen molar-refractivity contribution in [3.05, 3.63) is 89.2 Å². The summed E-state index contributed by atoms with van der Waals surface area (Å²) in [5, 5.41) is 0. The molecule has 0 amide bonds. The number of pyridine rings is 1. The molecule has 3 nitrogen and oxygen atoms in total. The van der Waals surface area contributed by atoms with Crippen LogP contribution in [0.3, 0.4) is 0 Å². The summed E-state index contributed by atoms with van der Waals surface area (Å²) in [7, 11) is 0. The average Bonchev–Trinajstić information content (AvgIpc) is 2.78. The van der Waals surface area contributed by atoms with Crippen molar-refractivity contribution in [3.8, 4) is 11.5 Å². The average molecular weight is 457 g/mol. The zero-order chi connectivity index (χ0) is 24.5. The van der Waals surface area contributed by atoms with Gasteiger partial charge in [-0.05, 0) is 81.3 Å². The maximum atomic E-state index is 5.75. The maximum absolute atomic E-state index is 5.75. The van der Waals surface area contributed by atoms with Gasteiger partial charge < -0.3 is 9.47 Å². The Labute approximate surface area is 205 Å². The first-order chi connectivity index (χ1) is 16.3. The fourth-order valence-electron chi connectivity index (χ4n) is 3.66. The van der Waals surface area contributed by atoms with Gasteiger partial charge in [0.1, 0.15) is 11.5 Å². The summed E-state index contributed by atoms with van der Waals surface area (Å²) in [6, 6.07) is 22.9. The predicted octanol–water partition coefficient (Wildman–Crippen LogP) is 7.55. The van der Waals surface area contributed by atoms with E-state index < -0.39 is 0 Å². The van der Waals surface area contributed by atoms with Crippen LogP contribution in [0.25, 0.3) is 24.3 Å². The van der Waals surface area contributed by atoms with Gasteiger partial charge in [-0.3, -0.25) is 0 Å². The Kier molecular flexibility index (Phi) is 9.09. The minimum Gasteiger partial charge on any atom is -0.491 e. The Morgan fingerprint density at radius 3 is 1.35 bits per heavy atom. The quantitative estimate of drug-likeness (QED) is 0.294. The molecule has 0 radical (unpaired) electrons. The first kappa shape index (κ1) is 25.3. The molecule has 0 bridgehead atoms. The molecule has 2 aromatic carbocycles. The van der Waals surface area contributed by atoms with Gasteiger partial charge in [-0.25, -0.2) is 0 Å². The Morgan fingerprint density at radius 2 is 1.00 bits per heavy atom. The van der Waals surface area contributed by atoms with E-state index in [9.17, 15) is 0 Å². The summed E-state index contributed by atoms with van der Waals surface area (Å²) in [6.07, 6.45) is 9.06. The lowest BCUT2D eigenvalue weighted by molar-refractivity contribution is -0.705. The number of nitrogens with zero attached hydrogens (tertiary/aromatic N) is 1. The highest BCUT2D eigenvalue weighted by Gasteiger charge is 2.14. The molecule has 3 heteroatoms. The van der Waals surface area contributed by atoms with Gasteiger partial charge in [0.25, 0.3) is 0 Å². The van der Waals surface area contributed by atoms with Crippen LogP contribution in [0, 0.1) is 5.92 Å². The molecular formula is C31H38NO2+. The molecule has 0 saturated carbocycles. The van der Waals surface area contributed by atoms with Crippen LogP contribution in [-0.2, 0) is 6.54 Å². The largest absolute Gasteiger partial charge is 0.491 e. The second-order valence-electron chi connectivity index (χ2n) is 9.52. The molecule has 0 aliphatic heterocycles. The summed E-state index contributed by atoms with van der Waals surface area (Å²) in [6.45, 7) is 13.6. The smallest absolute Gasteiger partial charge is 0.205 e. The SMILES string of the molecule is CC(C)C[n+]1c(/C=C/c2ccc(OC(C)C)cc2)cccc1/C=C/c1ccc(OC(C)C)cc1. The van der Waals surface area contributed by atoms with Crippen LogP contribution in [0.5, 0.6) is 11.5 Å². The van der Waals surface area contributed by atoms with Crippen molar-refractivity contribution in [2.24, 2.45) is 5.92 Å². The van der Waals surface area contributed by atoms with E-state index in [-0.39, 0.29) is 12.2 Å². The van der Waals surface area contributed by atoms with Crippen molar-refractivity contribution in [3.63, 3.8) is 0 Å². The summed E-state index contributed by atoms with van der Waals surface area (Å²) in [5.41, 5.74) is 4.66. The molecule has 3 aromatic rings. The third kappa shape index (κ3) is 7.91. The van der Waals surface area contributed by atoms with Gasteiger partial charge in [0.2, 0.25) is 11.4 Å². The highest BCUT2D eigenvalue weighted by molar-refractivity contribution is 5.69. The first-order valence-corrected chi connectivity index (χ1v) is 12.2. The maximum Gasteiger partial charge on any atom is 0.205 e. The molecule has 0 aliphatic rings. The topological polar surface area (TPSA) is 22.3 Å². The molecule has 1 aromatic heterocycles. The molecule has 178 valence electrons. The number of hydrogen-bond donors (Lipinski definition) is 0. The predicted molar refractivity (Wildman–Crippen MR) is 144 cm³/mol. The fraction of sp³-hybridized carbons (Fsp3) is 0.323. The molecule has 0 aliphatic carbocycles. The summed E-state index contributed by atoms with van der Waals surface area (Å²) in [4.78, 5) is 0. The molecule has 1 heterocycles. The van der Waals surface area contributed by atoms with E-state index in [2.05, 4.69) is 85.2 Å². The molecular weight excluding hydrogens is 418 g/mol. The fourth-order valence-corrected chi connectivity index (χ4v) is 3.66. The molecule has 34 heavy (non-hydrogen) atoms. The lowest BCUT2D eigenvalue weighted by Gasteiger charge is -2.09. The van der Waals surface area contributed by atoms with Crippen molar-refractivity contribution in [1.29, 1.82) is 0 Å². The van der Waals surface area contributed by atoms with Crippen LogP contribution in [0.2, 0.25) is 0 Å². The molecule has 0 fully saturated rings. The Hall–Kier alpha value is -3.33. The number of benzene rings is 2. The van der Waals surface area contributed by atoms with Crippen molar-refractivity contribution in [1.82, 2.24) is 0 Å². The molecule has 0 atom stereocenters. The Bertz CT molecular complexity index is 1010. The van der Waals surface area contributed by atoms with E-state index in [0.29, 0.717) is 5.92 Å². The van der Waals surface area contributed by atoms with E-state index in [1.54, 1.807) is 0 Å². The van der Waals surface area contributed by atoms with Crippen molar-refractivity contribution < 1.29 is 14.0 Å². The van der Waals surface area contributed by atoms with Crippen molar-refractivity contribution >= 4 is 24.3 Å². The van der Waals surface area contributed by atoms with Crippen LogP contribution in [-0.4, -0.2) is 12.2 Å². The van der Waals surface area contributed by atoms with Crippen LogP contribution < -0.4 is 14.0 Å². The zero-order valence-corrected chi connectivity index (χ0v) is 21.4. The van der Waals surface area contributed by atoms with Gasteiger partial charge in [-0.1, -0.05) is 38.1 Å². The number of aromatic nitrogens is 1. The van der Waals surface area contributed by atoms with E-state index in [0.717, 1.165) is 29.2 Å². The van der Waals surface area contributed by atoms with Crippen LogP contribution in [0.15, 0.2) is 66.7 Å². The highest BCUT2D eigenvalue weighted by Crippen LogP contribution is 2.17.